The highest BCUT2D eigenvalue weighted by Gasteiger charge is 2.51. The van der Waals surface area contributed by atoms with E-state index in [0.717, 1.165) is 6.29 Å². The van der Waals surface area contributed by atoms with Crippen LogP contribution in [0.2, 0.25) is 18.1 Å². The molecule has 0 bridgehead atoms. The molecule has 0 unspecified atom stereocenters. The van der Waals surface area contributed by atoms with Gasteiger partial charge in [-0.05, 0) is 18.1 Å². The Balaban J connectivity index is 2.03. The van der Waals surface area contributed by atoms with Crippen LogP contribution in [0.3, 0.4) is 0 Å². The number of ether oxygens (including phenoxy) is 2. The number of carbonyl (C=O) groups excluding carboxylic acids is 1. The van der Waals surface area contributed by atoms with Gasteiger partial charge in [-0.15, -0.1) is 0 Å². The summed E-state index contributed by atoms with van der Waals surface area (Å²) in [6, 6.07) is 0. The third kappa shape index (κ3) is 2.41. The second kappa shape index (κ2) is 4.70. The smallest absolute Gasteiger partial charge is 0.192 e. The molecular weight excluding hydrogens is 248 g/mol. The fourth-order valence-corrected chi connectivity index (χ4v) is 3.58. The number of hydrogen-bond donors (Lipinski definition) is 0. The predicted molar refractivity (Wildman–Crippen MR) is 71.1 cm³/mol. The molecule has 2 aliphatic heterocycles. The van der Waals surface area contributed by atoms with Gasteiger partial charge in [-0.25, -0.2) is 0 Å². The minimum Gasteiger partial charge on any atom is -0.409 e. The first-order valence-electron chi connectivity index (χ1n) is 6.62. The summed E-state index contributed by atoms with van der Waals surface area (Å²) in [7, 11) is -1.81. The maximum absolute atomic E-state index is 10.9. The summed E-state index contributed by atoms with van der Waals surface area (Å²) in [6.45, 7) is 12.1. The molecule has 0 saturated carbocycles. The van der Waals surface area contributed by atoms with Crippen molar-refractivity contribution < 1.29 is 18.7 Å². The van der Waals surface area contributed by atoms with Gasteiger partial charge in [-0.1, -0.05) is 20.8 Å². The zero-order chi connectivity index (χ0) is 13.6. The highest BCUT2D eigenvalue weighted by molar-refractivity contribution is 6.74. The van der Waals surface area contributed by atoms with Gasteiger partial charge in [-0.3, -0.25) is 0 Å². The Morgan fingerprint density at radius 3 is 2.33 bits per heavy atom. The van der Waals surface area contributed by atoms with Crippen molar-refractivity contribution in [2.45, 2.75) is 57.2 Å². The fourth-order valence-electron chi connectivity index (χ4n) is 2.27. The molecule has 0 aromatic carbocycles. The van der Waals surface area contributed by atoms with E-state index >= 15 is 0 Å². The van der Waals surface area contributed by atoms with Gasteiger partial charge in [0.2, 0.25) is 0 Å². The van der Waals surface area contributed by atoms with Crippen LogP contribution in [0.1, 0.15) is 20.8 Å². The summed E-state index contributed by atoms with van der Waals surface area (Å²) in [5.74, 6) is -0.122. The van der Waals surface area contributed by atoms with Crippen molar-refractivity contribution >= 4 is 14.6 Å². The van der Waals surface area contributed by atoms with E-state index in [1.54, 1.807) is 0 Å². The maximum Gasteiger partial charge on any atom is 0.192 e. The summed E-state index contributed by atoms with van der Waals surface area (Å²) < 4.78 is 17.7. The van der Waals surface area contributed by atoms with E-state index in [1.807, 2.05) is 0 Å². The zero-order valence-electron chi connectivity index (χ0n) is 11.9. The van der Waals surface area contributed by atoms with Crippen molar-refractivity contribution in [1.82, 2.24) is 0 Å². The Morgan fingerprint density at radius 2 is 1.78 bits per heavy atom. The van der Waals surface area contributed by atoms with Crippen molar-refractivity contribution in [2.24, 2.45) is 5.92 Å². The Hall–Kier alpha value is -0.233. The molecule has 18 heavy (non-hydrogen) atoms. The van der Waals surface area contributed by atoms with Crippen LogP contribution in [-0.2, 0) is 18.7 Å². The molecule has 4 nitrogen and oxygen atoms in total. The number of aldehydes is 1. The van der Waals surface area contributed by atoms with Gasteiger partial charge in [0.05, 0.1) is 31.3 Å². The lowest BCUT2D eigenvalue weighted by molar-refractivity contribution is -0.113. The molecule has 5 heteroatoms. The first kappa shape index (κ1) is 14.2. The summed E-state index contributed by atoms with van der Waals surface area (Å²) in [5, 5.41) is 0.174. The topological polar surface area (TPSA) is 44.8 Å². The summed E-state index contributed by atoms with van der Waals surface area (Å²) in [6.07, 6.45) is 0.770. The van der Waals surface area contributed by atoms with E-state index in [1.165, 1.54) is 0 Å². The van der Waals surface area contributed by atoms with Crippen molar-refractivity contribution in [1.29, 1.82) is 0 Å². The van der Waals surface area contributed by atoms with Crippen LogP contribution in [0.5, 0.6) is 0 Å². The van der Waals surface area contributed by atoms with Crippen LogP contribution in [0.25, 0.3) is 0 Å². The van der Waals surface area contributed by atoms with E-state index < -0.39 is 8.32 Å². The van der Waals surface area contributed by atoms with Crippen LogP contribution < -0.4 is 0 Å². The maximum atomic E-state index is 10.9. The van der Waals surface area contributed by atoms with Crippen molar-refractivity contribution in [2.75, 3.05) is 13.2 Å². The Labute approximate surface area is 110 Å². The molecule has 0 spiro atoms. The zero-order valence-corrected chi connectivity index (χ0v) is 12.9. The third-order valence-corrected chi connectivity index (χ3v) is 8.98. The van der Waals surface area contributed by atoms with Crippen LogP contribution in [0.15, 0.2) is 0 Å². The normalized spacial score (nSPS) is 36.7. The van der Waals surface area contributed by atoms with Crippen LogP contribution in [0.4, 0.5) is 0 Å². The van der Waals surface area contributed by atoms with E-state index in [9.17, 15) is 4.79 Å². The van der Waals surface area contributed by atoms with Gasteiger partial charge >= 0.3 is 0 Å². The molecule has 104 valence electrons. The molecule has 0 radical (unpaired) electrons. The lowest BCUT2D eigenvalue weighted by atomic mass is 10.0. The predicted octanol–water partition coefficient (Wildman–Crippen LogP) is 1.99. The molecular formula is C13H24O4Si. The van der Waals surface area contributed by atoms with Gasteiger partial charge in [-0.2, -0.15) is 0 Å². The minimum atomic E-state index is -1.81. The third-order valence-electron chi connectivity index (χ3n) is 4.47. The number of fused-ring (bicyclic) bond motifs is 1. The summed E-state index contributed by atoms with van der Waals surface area (Å²) >= 11 is 0. The molecule has 2 aliphatic rings. The molecule has 2 rings (SSSR count). The number of carbonyl (C=O) groups is 1. The average Bonchev–Trinajstić information content (AvgIpc) is 2.79. The lowest BCUT2D eigenvalue weighted by Gasteiger charge is -2.39. The molecule has 4 atom stereocenters. The second-order valence-electron chi connectivity index (χ2n) is 6.81. The molecule has 2 heterocycles. The highest BCUT2D eigenvalue weighted by atomic mass is 28.4. The Kier molecular flexibility index (Phi) is 3.71. The highest BCUT2D eigenvalue weighted by Crippen LogP contribution is 2.40. The van der Waals surface area contributed by atoms with Gasteiger partial charge in [0.1, 0.15) is 12.4 Å². The van der Waals surface area contributed by atoms with Gasteiger partial charge in [0, 0.05) is 0 Å². The Morgan fingerprint density at radius 1 is 1.17 bits per heavy atom. The number of hydrogen-bond acceptors (Lipinski definition) is 4. The lowest BCUT2D eigenvalue weighted by Crippen LogP contribution is -2.47. The first-order chi connectivity index (χ1) is 8.26. The van der Waals surface area contributed by atoms with Crippen LogP contribution in [-0.4, -0.2) is 46.1 Å². The fraction of sp³-hybridized carbons (Fsp3) is 0.923. The molecule has 0 aromatic rings. The SMILES string of the molecule is CC(C)(C)[Si](C)(C)O[C@@H]1CO[C@@H]2[C@H]1OC[C@H]2C=O. The standard InChI is InChI=1S/C13H24O4Si/c1-13(2,3)18(4,5)17-10-8-16-11-9(6-14)7-15-12(10)11/h6,9-12H,7-8H2,1-5H3/t9-,10-,11+,12+/m1/s1. The van der Waals surface area contributed by atoms with Gasteiger partial charge in [0.15, 0.2) is 8.32 Å². The monoisotopic (exact) mass is 272 g/mol. The van der Waals surface area contributed by atoms with Gasteiger partial charge < -0.3 is 18.7 Å². The summed E-state index contributed by atoms with van der Waals surface area (Å²) in [5.41, 5.74) is 0. The van der Waals surface area contributed by atoms with E-state index in [-0.39, 0.29) is 29.3 Å². The molecule has 2 saturated heterocycles. The van der Waals surface area contributed by atoms with E-state index in [4.69, 9.17) is 13.9 Å². The van der Waals surface area contributed by atoms with Crippen molar-refractivity contribution in [3.8, 4) is 0 Å². The quantitative estimate of drug-likeness (QED) is 0.582. The van der Waals surface area contributed by atoms with Crippen molar-refractivity contribution in [3.05, 3.63) is 0 Å². The van der Waals surface area contributed by atoms with Crippen LogP contribution in [0, 0.1) is 5.92 Å². The molecule has 0 aliphatic carbocycles. The molecule has 0 aromatic heterocycles. The average molecular weight is 272 g/mol. The molecule has 0 amide bonds. The van der Waals surface area contributed by atoms with E-state index in [0.29, 0.717) is 13.2 Å². The number of rotatable bonds is 3. The first-order valence-corrected chi connectivity index (χ1v) is 9.53. The Bertz CT molecular complexity index is 323. The molecule has 0 N–H and O–H groups in total. The van der Waals surface area contributed by atoms with Crippen LogP contribution >= 0.6 is 0 Å². The molecule has 2 fully saturated rings. The second-order valence-corrected chi connectivity index (χ2v) is 11.6. The minimum absolute atomic E-state index is 0.0131. The largest absolute Gasteiger partial charge is 0.409 e. The van der Waals surface area contributed by atoms with Crippen molar-refractivity contribution in [3.63, 3.8) is 0 Å². The van der Waals surface area contributed by atoms with E-state index in [2.05, 4.69) is 33.9 Å². The summed E-state index contributed by atoms with van der Waals surface area (Å²) in [4.78, 5) is 10.9. The van der Waals surface area contributed by atoms with Gasteiger partial charge in [0.25, 0.3) is 0 Å².